The van der Waals surface area contributed by atoms with E-state index in [4.69, 9.17) is 5.73 Å². The van der Waals surface area contributed by atoms with Gasteiger partial charge in [-0.1, -0.05) is 18.2 Å². The summed E-state index contributed by atoms with van der Waals surface area (Å²) in [6, 6.07) is 7.71. The predicted molar refractivity (Wildman–Crippen MR) is 75.1 cm³/mol. The van der Waals surface area contributed by atoms with Gasteiger partial charge in [-0.15, -0.1) is 0 Å². The quantitative estimate of drug-likeness (QED) is 0.797. The molecule has 4 nitrogen and oxygen atoms in total. The van der Waals surface area contributed by atoms with E-state index in [1.54, 1.807) is 0 Å². The summed E-state index contributed by atoms with van der Waals surface area (Å²) in [7, 11) is 1.91. The molecule has 0 aliphatic carbocycles. The van der Waals surface area contributed by atoms with Crippen molar-refractivity contribution in [3.63, 3.8) is 0 Å². The number of nitrogens with two attached hydrogens (primary N) is 1. The van der Waals surface area contributed by atoms with Crippen molar-refractivity contribution in [1.82, 2.24) is 10.2 Å². The van der Waals surface area contributed by atoms with Crippen LogP contribution in [0, 0.1) is 0 Å². The van der Waals surface area contributed by atoms with Crippen LogP contribution in [0.5, 0.6) is 0 Å². The van der Waals surface area contributed by atoms with E-state index < -0.39 is 0 Å². The Bertz CT molecular complexity index is 410. The van der Waals surface area contributed by atoms with Crippen molar-refractivity contribution in [1.29, 1.82) is 0 Å². The van der Waals surface area contributed by atoms with Gasteiger partial charge >= 0.3 is 0 Å². The second-order valence-electron chi connectivity index (χ2n) is 5.67. The maximum absolute atomic E-state index is 11.8. The molecule has 3 N–H and O–H groups in total. The van der Waals surface area contributed by atoms with Gasteiger partial charge in [0.15, 0.2) is 0 Å². The highest BCUT2D eigenvalue weighted by molar-refractivity contribution is 5.78. The molecular formula is C14H23N3O. The monoisotopic (exact) mass is 249 g/mol. The van der Waals surface area contributed by atoms with Crippen molar-refractivity contribution < 1.29 is 4.79 Å². The Labute approximate surface area is 109 Å². The molecule has 1 aromatic carbocycles. The number of para-hydroxylation sites is 1. The third-order valence-electron chi connectivity index (χ3n) is 2.42. The van der Waals surface area contributed by atoms with Gasteiger partial charge in [0.25, 0.3) is 0 Å². The first-order chi connectivity index (χ1) is 8.28. The highest BCUT2D eigenvalue weighted by Crippen LogP contribution is 2.12. The lowest BCUT2D eigenvalue weighted by Crippen LogP contribution is -2.45. The first-order valence-electron chi connectivity index (χ1n) is 6.11. The number of hydrogen-bond acceptors (Lipinski definition) is 3. The van der Waals surface area contributed by atoms with E-state index >= 15 is 0 Å². The fraction of sp³-hybridized carbons (Fsp3) is 0.500. The molecule has 18 heavy (non-hydrogen) atoms. The summed E-state index contributed by atoms with van der Waals surface area (Å²) in [5.41, 5.74) is 7.49. The largest absolute Gasteiger partial charge is 0.398 e. The Kier molecular flexibility index (Phi) is 4.73. The van der Waals surface area contributed by atoms with Crippen LogP contribution >= 0.6 is 0 Å². The molecule has 0 fully saturated rings. The zero-order chi connectivity index (χ0) is 13.8. The number of anilines is 1. The molecular weight excluding hydrogens is 226 g/mol. The number of carbonyl (C=O) groups excluding carboxylic acids is 1. The van der Waals surface area contributed by atoms with Gasteiger partial charge in [-0.05, 0) is 39.4 Å². The van der Waals surface area contributed by atoms with E-state index in [1.165, 1.54) is 0 Å². The van der Waals surface area contributed by atoms with Gasteiger partial charge in [0, 0.05) is 17.8 Å². The standard InChI is InChI=1S/C14H23N3O/c1-14(2,3)16-13(18)10-17(4)9-11-7-5-6-8-12(11)15/h5-8H,9-10,15H2,1-4H3,(H,16,18). The summed E-state index contributed by atoms with van der Waals surface area (Å²) >= 11 is 0. The van der Waals surface area contributed by atoms with Gasteiger partial charge < -0.3 is 11.1 Å². The maximum Gasteiger partial charge on any atom is 0.234 e. The number of nitrogens with zero attached hydrogens (tertiary/aromatic N) is 1. The first kappa shape index (κ1) is 14.5. The highest BCUT2D eigenvalue weighted by Gasteiger charge is 2.15. The molecule has 0 saturated heterocycles. The minimum absolute atomic E-state index is 0.0273. The third-order valence-corrected chi connectivity index (χ3v) is 2.42. The van der Waals surface area contributed by atoms with Crippen LogP contribution in [0.4, 0.5) is 5.69 Å². The molecule has 0 radical (unpaired) electrons. The van der Waals surface area contributed by atoms with Crippen molar-refractivity contribution in [3.8, 4) is 0 Å². The number of nitrogens with one attached hydrogen (secondary N) is 1. The van der Waals surface area contributed by atoms with Crippen LogP contribution in [0.1, 0.15) is 26.3 Å². The molecule has 0 unspecified atom stereocenters. The first-order valence-corrected chi connectivity index (χ1v) is 6.11. The SMILES string of the molecule is CN(CC(=O)NC(C)(C)C)Cc1ccccc1N. The number of amides is 1. The minimum atomic E-state index is -0.191. The Morgan fingerprint density at radius 3 is 2.50 bits per heavy atom. The van der Waals surface area contributed by atoms with Crippen LogP contribution in [0.25, 0.3) is 0 Å². The highest BCUT2D eigenvalue weighted by atomic mass is 16.2. The molecule has 0 aliphatic heterocycles. The number of rotatable bonds is 4. The molecule has 0 bridgehead atoms. The Hall–Kier alpha value is -1.55. The fourth-order valence-electron chi connectivity index (χ4n) is 1.73. The molecule has 1 aromatic rings. The molecule has 1 amide bonds. The lowest BCUT2D eigenvalue weighted by atomic mass is 10.1. The molecule has 0 atom stereocenters. The summed E-state index contributed by atoms with van der Waals surface area (Å²) in [4.78, 5) is 13.7. The lowest BCUT2D eigenvalue weighted by molar-refractivity contribution is -0.123. The van der Waals surface area contributed by atoms with Crippen LogP contribution in [0.3, 0.4) is 0 Å². The maximum atomic E-state index is 11.8. The van der Waals surface area contributed by atoms with Crippen LogP contribution in [0.15, 0.2) is 24.3 Å². The zero-order valence-electron chi connectivity index (χ0n) is 11.7. The van der Waals surface area contributed by atoms with Crippen molar-refractivity contribution in [3.05, 3.63) is 29.8 Å². The number of benzene rings is 1. The molecule has 0 aliphatic rings. The molecule has 0 aromatic heterocycles. The molecule has 0 heterocycles. The molecule has 0 saturated carbocycles. The molecule has 1 rings (SSSR count). The second-order valence-corrected chi connectivity index (χ2v) is 5.67. The van der Waals surface area contributed by atoms with Crippen LogP contribution in [0.2, 0.25) is 0 Å². The number of hydrogen-bond donors (Lipinski definition) is 2. The van der Waals surface area contributed by atoms with E-state index in [1.807, 2.05) is 57.0 Å². The number of likely N-dealkylation sites (N-methyl/N-ethyl adjacent to an activating group) is 1. The Morgan fingerprint density at radius 2 is 1.94 bits per heavy atom. The molecule has 100 valence electrons. The van der Waals surface area contributed by atoms with Crippen molar-refractivity contribution >= 4 is 11.6 Å². The van der Waals surface area contributed by atoms with Crippen LogP contribution in [-0.2, 0) is 11.3 Å². The normalized spacial score (nSPS) is 11.6. The lowest BCUT2D eigenvalue weighted by Gasteiger charge is -2.23. The zero-order valence-corrected chi connectivity index (χ0v) is 11.7. The summed E-state index contributed by atoms with van der Waals surface area (Å²) in [6.07, 6.45) is 0. The number of nitrogen functional groups attached to an aromatic ring is 1. The van der Waals surface area contributed by atoms with Gasteiger partial charge in [-0.25, -0.2) is 0 Å². The summed E-state index contributed by atoms with van der Waals surface area (Å²) in [6.45, 7) is 6.95. The average Bonchev–Trinajstić information content (AvgIpc) is 2.18. The van der Waals surface area contributed by atoms with Gasteiger partial charge in [-0.3, -0.25) is 9.69 Å². The van der Waals surface area contributed by atoms with Gasteiger partial charge in [0.2, 0.25) is 5.91 Å². The molecule has 4 heteroatoms. The average molecular weight is 249 g/mol. The predicted octanol–water partition coefficient (Wildman–Crippen LogP) is 1.62. The van der Waals surface area contributed by atoms with Gasteiger partial charge in [0.1, 0.15) is 0 Å². The second kappa shape index (κ2) is 5.87. The van der Waals surface area contributed by atoms with Crippen molar-refractivity contribution in [2.45, 2.75) is 32.9 Å². The third kappa shape index (κ3) is 5.19. The van der Waals surface area contributed by atoms with Gasteiger partial charge in [0.05, 0.1) is 6.54 Å². The van der Waals surface area contributed by atoms with E-state index in [0.29, 0.717) is 13.1 Å². The van der Waals surface area contributed by atoms with E-state index in [-0.39, 0.29) is 11.4 Å². The summed E-state index contributed by atoms with van der Waals surface area (Å²) in [5.74, 6) is 0.0273. The minimum Gasteiger partial charge on any atom is -0.398 e. The fourth-order valence-corrected chi connectivity index (χ4v) is 1.73. The van der Waals surface area contributed by atoms with Crippen LogP contribution < -0.4 is 11.1 Å². The summed E-state index contributed by atoms with van der Waals surface area (Å²) in [5, 5.41) is 2.94. The molecule has 0 spiro atoms. The van der Waals surface area contributed by atoms with Crippen LogP contribution in [-0.4, -0.2) is 29.9 Å². The Balaban J connectivity index is 2.50. The topological polar surface area (TPSA) is 58.4 Å². The van der Waals surface area contributed by atoms with Gasteiger partial charge in [-0.2, -0.15) is 0 Å². The van der Waals surface area contributed by atoms with E-state index in [2.05, 4.69) is 5.32 Å². The van der Waals surface area contributed by atoms with Crippen molar-refractivity contribution in [2.24, 2.45) is 0 Å². The van der Waals surface area contributed by atoms with E-state index in [0.717, 1.165) is 11.3 Å². The smallest absolute Gasteiger partial charge is 0.234 e. The Morgan fingerprint density at radius 1 is 1.33 bits per heavy atom. The number of carbonyl (C=O) groups is 1. The van der Waals surface area contributed by atoms with E-state index in [9.17, 15) is 4.79 Å². The summed E-state index contributed by atoms with van der Waals surface area (Å²) < 4.78 is 0. The van der Waals surface area contributed by atoms with Crippen molar-refractivity contribution in [2.75, 3.05) is 19.3 Å².